The van der Waals surface area contributed by atoms with Crippen molar-refractivity contribution in [2.24, 2.45) is 12.8 Å². The first kappa shape index (κ1) is 11.0. The van der Waals surface area contributed by atoms with Crippen LogP contribution in [0.2, 0.25) is 5.02 Å². The molecule has 1 atom stereocenters. The lowest BCUT2D eigenvalue weighted by molar-refractivity contribution is 0.613. The van der Waals surface area contributed by atoms with Crippen LogP contribution >= 0.6 is 11.6 Å². The fourth-order valence-electron chi connectivity index (χ4n) is 1.48. The number of nitrogens with two attached hydrogens (primary N) is 1. The molecule has 2 aromatic rings. The zero-order valence-corrected chi connectivity index (χ0v) is 9.32. The molecule has 2 N–H and O–H groups in total. The van der Waals surface area contributed by atoms with Gasteiger partial charge in [-0.25, -0.2) is 4.39 Å². The number of aryl methyl sites for hydroxylation is 1. The third kappa shape index (κ3) is 1.91. The highest BCUT2D eigenvalue weighted by Gasteiger charge is 2.17. The third-order valence-corrected chi connectivity index (χ3v) is 2.59. The second kappa shape index (κ2) is 4.19. The van der Waals surface area contributed by atoms with Gasteiger partial charge in [0.2, 0.25) is 0 Å². The van der Waals surface area contributed by atoms with Crippen LogP contribution in [0.15, 0.2) is 24.5 Å². The van der Waals surface area contributed by atoms with Crippen molar-refractivity contribution >= 4 is 11.6 Å². The number of hydrogen-bond acceptors (Lipinski definition) is 3. The SMILES string of the molecule is Cn1ncc(Cl)c1C(N)c1ccc(F)cn1. The van der Waals surface area contributed by atoms with Crippen molar-refractivity contribution in [3.05, 3.63) is 46.8 Å². The summed E-state index contributed by atoms with van der Waals surface area (Å²) < 4.78 is 14.3. The molecular weight excluding hydrogens is 231 g/mol. The smallest absolute Gasteiger partial charge is 0.141 e. The summed E-state index contributed by atoms with van der Waals surface area (Å²) in [5.74, 6) is -0.396. The van der Waals surface area contributed by atoms with E-state index in [0.717, 1.165) is 6.20 Å². The van der Waals surface area contributed by atoms with Crippen LogP contribution < -0.4 is 5.73 Å². The van der Waals surface area contributed by atoms with Gasteiger partial charge in [-0.1, -0.05) is 11.6 Å². The van der Waals surface area contributed by atoms with Gasteiger partial charge in [0.15, 0.2) is 0 Å². The molecule has 1 unspecified atom stereocenters. The second-order valence-corrected chi connectivity index (χ2v) is 3.79. The van der Waals surface area contributed by atoms with Gasteiger partial charge in [0, 0.05) is 7.05 Å². The van der Waals surface area contributed by atoms with E-state index in [1.165, 1.54) is 18.3 Å². The summed E-state index contributed by atoms with van der Waals surface area (Å²) in [4.78, 5) is 3.92. The minimum Gasteiger partial charge on any atom is -0.318 e. The molecule has 2 rings (SSSR count). The minimum absolute atomic E-state index is 0.396. The van der Waals surface area contributed by atoms with E-state index in [1.807, 2.05) is 0 Å². The Morgan fingerprint density at radius 1 is 1.44 bits per heavy atom. The zero-order valence-electron chi connectivity index (χ0n) is 8.56. The average Bonchev–Trinajstić information content (AvgIpc) is 2.59. The van der Waals surface area contributed by atoms with Crippen LogP contribution in [0.3, 0.4) is 0 Å². The molecule has 4 nitrogen and oxygen atoms in total. The Kier molecular flexibility index (Phi) is 2.89. The molecule has 0 amide bonds. The molecule has 0 radical (unpaired) electrons. The lowest BCUT2D eigenvalue weighted by Crippen LogP contribution is -2.17. The predicted octanol–water partition coefficient (Wildman–Crippen LogP) is 1.66. The molecule has 84 valence electrons. The van der Waals surface area contributed by atoms with Gasteiger partial charge >= 0.3 is 0 Å². The molecule has 0 bridgehead atoms. The van der Waals surface area contributed by atoms with Crippen LogP contribution in [0.5, 0.6) is 0 Å². The van der Waals surface area contributed by atoms with Gasteiger partial charge in [0.25, 0.3) is 0 Å². The van der Waals surface area contributed by atoms with Crippen LogP contribution in [-0.4, -0.2) is 14.8 Å². The molecule has 0 saturated heterocycles. The van der Waals surface area contributed by atoms with Crippen molar-refractivity contribution in [3.8, 4) is 0 Å². The average molecular weight is 241 g/mol. The van der Waals surface area contributed by atoms with E-state index in [9.17, 15) is 4.39 Å². The summed E-state index contributed by atoms with van der Waals surface area (Å²) in [6.07, 6.45) is 2.64. The van der Waals surface area contributed by atoms with Crippen LogP contribution in [-0.2, 0) is 7.05 Å². The number of halogens is 2. The first-order chi connectivity index (χ1) is 7.59. The van der Waals surface area contributed by atoms with E-state index in [1.54, 1.807) is 11.7 Å². The first-order valence-electron chi connectivity index (χ1n) is 4.64. The van der Waals surface area contributed by atoms with Gasteiger partial charge in [0.05, 0.1) is 34.8 Å². The molecule has 0 aliphatic rings. The van der Waals surface area contributed by atoms with Crippen molar-refractivity contribution < 1.29 is 4.39 Å². The standard InChI is InChI=1S/C10H10ClFN4/c1-16-10(7(11)5-15-16)9(13)8-3-2-6(12)4-14-8/h2-5,9H,13H2,1H3. The van der Waals surface area contributed by atoms with Crippen LogP contribution in [0.25, 0.3) is 0 Å². The molecule has 0 aliphatic carbocycles. The second-order valence-electron chi connectivity index (χ2n) is 3.38. The van der Waals surface area contributed by atoms with Crippen LogP contribution in [0, 0.1) is 5.82 Å². The lowest BCUT2D eigenvalue weighted by Gasteiger charge is -2.11. The highest BCUT2D eigenvalue weighted by atomic mass is 35.5. The monoisotopic (exact) mass is 240 g/mol. The molecule has 0 spiro atoms. The molecule has 0 saturated carbocycles. The maximum absolute atomic E-state index is 12.7. The first-order valence-corrected chi connectivity index (χ1v) is 5.02. The number of aromatic nitrogens is 3. The molecule has 0 aliphatic heterocycles. The molecule has 16 heavy (non-hydrogen) atoms. The minimum atomic E-state index is -0.513. The summed E-state index contributed by atoms with van der Waals surface area (Å²) in [7, 11) is 1.74. The van der Waals surface area contributed by atoms with Gasteiger partial charge in [0.1, 0.15) is 5.82 Å². The van der Waals surface area contributed by atoms with E-state index in [0.29, 0.717) is 16.4 Å². The Morgan fingerprint density at radius 3 is 2.69 bits per heavy atom. The van der Waals surface area contributed by atoms with Crippen molar-refractivity contribution in [2.45, 2.75) is 6.04 Å². The number of nitrogens with zero attached hydrogens (tertiary/aromatic N) is 3. The van der Waals surface area contributed by atoms with Crippen molar-refractivity contribution in [2.75, 3.05) is 0 Å². The third-order valence-electron chi connectivity index (χ3n) is 2.30. The highest BCUT2D eigenvalue weighted by molar-refractivity contribution is 6.31. The zero-order chi connectivity index (χ0) is 11.7. The predicted molar refractivity (Wildman–Crippen MR) is 58.4 cm³/mol. The van der Waals surface area contributed by atoms with E-state index in [4.69, 9.17) is 17.3 Å². The summed E-state index contributed by atoms with van der Waals surface area (Å²) in [6.45, 7) is 0. The maximum Gasteiger partial charge on any atom is 0.141 e. The topological polar surface area (TPSA) is 56.7 Å². The van der Waals surface area contributed by atoms with E-state index < -0.39 is 11.9 Å². The fraction of sp³-hybridized carbons (Fsp3) is 0.200. The molecule has 6 heteroatoms. The summed E-state index contributed by atoms with van der Waals surface area (Å²) >= 11 is 5.96. The number of hydrogen-bond donors (Lipinski definition) is 1. The van der Waals surface area contributed by atoms with Gasteiger partial charge < -0.3 is 5.73 Å². The Hall–Kier alpha value is -1.46. The van der Waals surface area contributed by atoms with Crippen molar-refractivity contribution in [1.82, 2.24) is 14.8 Å². The Bertz CT molecular complexity index is 475. The Balaban J connectivity index is 2.39. The summed E-state index contributed by atoms with van der Waals surface area (Å²) in [5, 5.41) is 4.46. The fourth-order valence-corrected chi connectivity index (χ4v) is 1.76. The van der Waals surface area contributed by atoms with Gasteiger partial charge in [-0.15, -0.1) is 0 Å². The van der Waals surface area contributed by atoms with E-state index >= 15 is 0 Å². The Labute approximate surface area is 96.9 Å². The van der Waals surface area contributed by atoms with Gasteiger partial charge in [-0.05, 0) is 12.1 Å². The van der Waals surface area contributed by atoms with E-state index in [2.05, 4.69) is 10.1 Å². The summed E-state index contributed by atoms with van der Waals surface area (Å²) in [6, 6.07) is 2.33. The van der Waals surface area contributed by atoms with Gasteiger partial charge in [-0.3, -0.25) is 9.67 Å². The molecule has 2 heterocycles. The molecular formula is C10H10ClFN4. The largest absolute Gasteiger partial charge is 0.318 e. The highest BCUT2D eigenvalue weighted by Crippen LogP contribution is 2.24. The lowest BCUT2D eigenvalue weighted by atomic mass is 10.1. The van der Waals surface area contributed by atoms with Crippen molar-refractivity contribution in [3.63, 3.8) is 0 Å². The quantitative estimate of drug-likeness (QED) is 0.869. The normalized spacial score (nSPS) is 12.8. The van der Waals surface area contributed by atoms with E-state index in [-0.39, 0.29) is 0 Å². The molecule has 2 aromatic heterocycles. The Morgan fingerprint density at radius 2 is 2.19 bits per heavy atom. The molecule has 0 fully saturated rings. The van der Waals surface area contributed by atoms with Crippen LogP contribution in [0.4, 0.5) is 4.39 Å². The summed E-state index contributed by atoms with van der Waals surface area (Å²) in [5.41, 5.74) is 7.18. The maximum atomic E-state index is 12.7. The van der Waals surface area contributed by atoms with Crippen molar-refractivity contribution in [1.29, 1.82) is 0 Å². The number of pyridine rings is 1. The molecule has 0 aromatic carbocycles. The van der Waals surface area contributed by atoms with Gasteiger partial charge in [-0.2, -0.15) is 5.10 Å². The van der Waals surface area contributed by atoms with Crippen LogP contribution in [0.1, 0.15) is 17.4 Å². The number of rotatable bonds is 2.